The van der Waals surface area contributed by atoms with E-state index < -0.39 is 189 Å². The number of carbonyl (C=O) groups excluding carboxylic acids is 6. The standard InChI is InChI=1S/C18H29N3O4.C16H26N2O6.C14H20N2O8.C12H18N4O3.C12H20N2O4.C11H16N2O5.C4H8O3/c1-5-12-14(22)15(23)16(25-12)11-7-6-10-9(4)19-18(20-13(10)11)21-17(24)8(2)3;1-4-5-11(20)8-23-14-13(21)12(7-19)24-15(14)18-6-9(2)10(3)17-16(18)22;1-3-22-9(18)6-23-11-10(19)8(5-17)24-13(11)16-4-7(2)12(20)15-14(16)21;1-3-7-9(17)10(18)12(19-7)16-5-15-8-6(2)13-4-14-11(8)16;1-4-8-9(15)10(16)11(18-8)14-5-6(2)7(3)13-12(14)17;1-3-6-7(14)8(15)10(18-6)13-4-5(2)9(16)12-11(13)17;1-3-7-4(5)6-2/h6-16,22-23H,5H2,1-4H3,(H2,19,20,21,24);6,10,12-15,19,21H,4-5,7-8H2,1-3H3,(H,17,22);4,8,10-11,13,17,19H,3,5-6H2,1-2H3,(H,15,20,21);4-5,7-12,17-18H,3H2,1-2H3;5,7-11,15-16H,4H2,1-3H3,(H,13,17);4,6-8,10,14-15H,3H2,1-2H3,(H,12,16,17);3H2,1-2H3/t9?,10?,11?,12-,13?,14?,15+,16+;10?,12-,13?,14+,15-;8-,10?,11+,13-;7-,8?,9?,10+,11?,12-;7?,8-,9?,10+,11-;6-,7?,8+,10-;/m111111./s1. The number of esters is 1. The van der Waals surface area contributed by atoms with Crippen LogP contribution in [0.2, 0.25) is 0 Å². The van der Waals surface area contributed by atoms with E-state index in [4.69, 9.17) is 47.6 Å². The summed E-state index contributed by atoms with van der Waals surface area (Å²) in [5.74, 6) is -0.421. The number of nitrogens with one attached hydrogen (secondary N) is 6. The molecule has 135 heavy (non-hydrogen) atoms. The fraction of sp³-hybridized carbons (Fsp3) is 0.724. The van der Waals surface area contributed by atoms with Crippen LogP contribution in [0.3, 0.4) is 0 Å². The van der Waals surface area contributed by atoms with Crippen molar-refractivity contribution in [3.8, 4) is 0 Å². The van der Waals surface area contributed by atoms with Crippen LogP contribution in [0.4, 0.5) is 14.4 Å². The number of aryl methyl sites for hydroxylation is 2. The molecule has 6 fully saturated rings. The lowest BCUT2D eigenvalue weighted by Gasteiger charge is -2.35. The fourth-order valence-electron chi connectivity index (χ4n) is 16.4. The van der Waals surface area contributed by atoms with Gasteiger partial charge in [-0.15, -0.1) is 0 Å². The van der Waals surface area contributed by atoms with Crippen LogP contribution in [0.1, 0.15) is 166 Å². The van der Waals surface area contributed by atoms with Gasteiger partial charge in [-0.05, 0) is 112 Å². The van der Waals surface area contributed by atoms with Gasteiger partial charge in [0.2, 0.25) is 5.91 Å². The van der Waals surface area contributed by atoms with Crippen molar-refractivity contribution in [2.75, 3.05) is 46.8 Å². The molecule has 0 aromatic carbocycles. The minimum atomic E-state index is -1.27. The number of fused-ring (bicyclic) bond motifs is 2. The zero-order chi connectivity index (χ0) is 100. The minimum Gasteiger partial charge on any atom is -0.464 e. The summed E-state index contributed by atoms with van der Waals surface area (Å²) < 4.78 is 59.9. The molecule has 48 nitrogen and oxygen atoms in total. The van der Waals surface area contributed by atoms with Gasteiger partial charge in [0.15, 0.2) is 49.0 Å². The number of hydrogen-bond acceptors (Lipinski definition) is 39. The molecule has 48 heteroatoms. The number of guanidine groups is 1. The number of aliphatic hydroxyl groups is 12. The Bertz CT molecular complexity index is 4770. The second-order valence-corrected chi connectivity index (χ2v) is 34.5. The fourth-order valence-corrected chi connectivity index (χ4v) is 16.4. The topological polar surface area (TPSA) is 664 Å². The number of urea groups is 2. The van der Waals surface area contributed by atoms with E-state index in [1.165, 1.54) is 42.6 Å². The van der Waals surface area contributed by atoms with Crippen LogP contribution in [0.25, 0.3) is 0 Å². The molecule has 12 aliphatic rings. The van der Waals surface area contributed by atoms with Crippen LogP contribution < -0.4 is 43.8 Å². The third-order valence-corrected chi connectivity index (χ3v) is 24.5. The summed E-state index contributed by atoms with van der Waals surface area (Å²) in [5, 5.41) is 131. The molecule has 0 radical (unpaired) electrons. The van der Waals surface area contributed by atoms with Crippen LogP contribution in [-0.2, 0) is 66.5 Å². The van der Waals surface area contributed by atoms with E-state index in [2.05, 4.69) is 68.7 Å². The minimum absolute atomic E-state index is 0.0285. The van der Waals surface area contributed by atoms with E-state index in [0.717, 1.165) is 26.0 Å². The number of amides is 5. The number of hydrogen-bond donors (Lipinski definition) is 18. The van der Waals surface area contributed by atoms with E-state index >= 15 is 0 Å². The van der Waals surface area contributed by atoms with Crippen molar-refractivity contribution in [1.82, 2.24) is 55.1 Å². The molecule has 0 bridgehead atoms. The Morgan fingerprint density at radius 1 is 0.526 bits per heavy atom. The largest absolute Gasteiger partial charge is 0.507 e. The first-order chi connectivity index (χ1) is 63.9. The van der Waals surface area contributed by atoms with Gasteiger partial charge in [0, 0.05) is 71.8 Å². The molecule has 758 valence electrons. The first-order valence-corrected chi connectivity index (χ1v) is 45.4. The third-order valence-electron chi connectivity index (χ3n) is 24.5. The van der Waals surface area contributed by atoms with Gasteiger partial charge < -0.3 is 134 Å². The van der Waals surface area contributed by atoms with Crippen LogP contribution in [0.5, 0.6) is 0 Å². The van der Waals surface area contributed by atoms with Crippen LogP contribution in [0.15, 0.2) is 87.2 Å². The Morgan fingerprint density at radius 3 is 1.46 bits per heavy atom. The molecular formula is C87H137N15O33. The van der Waals surface area contributed by atoms with Gasteiger partial charge in [0.1, 0.15) is 111 Å². The number of aromatic nitrogens is 4. The monoisotopic (exact) mass is 1920 g/mol. The van der Waals surface area contributed by atoms with Crippen molar-refractivity contribution in [2.45, 2.75) is 340 Å². The van der Waals surface area contributed by atoms with Crippen molar-refractivity contribution in [1.29, 1.82) is 0 Å². The number of ketones is 1. The summed E-state index contributed by atoms with van der Waals surface area (Å²) in [6.45, 7) is 30.0. The molecule has 18 N–H and O–H groups in total. The Morgan fingerprint density at radius 2 is 0.978 bits per heavy atom. The Labute approximate surface area is 779 Å². The summed E-state index contributed by atoms with van der Waals surface area (Å²) >= 11 is 0. The molecule has 2 aromatic heterocycles. The second-order valence-electron chi connectivity index (χ2n) is 34.5. The highest BCUT2D eigenvalue weighted by Gasteiger charge is 2.55. The number of Topliss-reactive ketones (excluding diaryl/α,β-unsaturated/α-hetero) is 1. The summed E-state index contributed by atoms with van der Waals surface area (Å²) in [4.78, 5) is 142. The number of aliphatic hydroxyl groups excluding tert-OH is 12. The summed E-state index contributed by atoms with van der Waals surface area (Å²) in [6.07, 6.45) is -4.96. The molecule has 14 unspecified atom stereocenters. The van der Waals surface area contributed by atoms with Crippen LogP contribution in [-0.4, -0.2) is 373 Å². The highest BCUT2D eigenvalue weighted by molar-refractivity contribution is 5.98. The van der Waals surface area contributed by atoms with Gasteiger partial charge in [-0.2, -0.15) is 0 Å². The number of methoxy groups -OCH3 is 1. The van der Waals surface area contributed by atoms with E-state index in [9.17, 15) is 109 Å². The quantitative estimate of drug-likeness (QED) is 0.0406. The summed E-state index contributed by atoms with van der Waals surface area (Å²) in [7, 11) is 1.28. The molecule has 0 saturated carbocycles. The lowest BCUT2D eigenvalue weighted by Crippen LogP contribution is -2.55. The van der Waals surface area contributed by atoms with Gasteiger partial charge in [-0.1, -0.05) is 60.6 Å². The highest BCUT2D eigenvalue weighted by Crippen LogP contribution is 2.41. The first kappa shape index (κ1) is 111. The second kappa shape index (κ2) is 50.7. The molecule has 13 heterocycles. The van der Waals surface area contributed by atoms with Crippen molar-refractivity contribution in [3.63, 3.8) is 0 Å². The predicted octanol–water partition coefficient (Wildman–Crippen LogP) is -2.43. The van der Waals surface area contributed by atoms with Crippen LogP contribution in [0, 0.1) is 31.6 Å². The average molecular weight is 1920 g/mol. The summed E-state index contributed by atoms with van der Waals surface area (Å²) in [6, 6.07) is -0.965. The van der Waals surface area contributed by atoms with Gasteiger partial charge in [0.05, 0.1) is 88.5 Å². The zero-order valence-electron chi connectivity index (χ0n) is 79.1. The number of H-pyrrole nitrogens is 2. The molecule has 2 aromatic rings. The van der Waals surface area contributed by atoms with Gasteiger partial charge in [-0.3, -0.25) is 58.4 Å². The lowest BCUT2D eigenvalue weighted by atomic mass is 9.85. The average Bonchev–Trinajstić information content (AvgIpc) is 1.61. The smallest absolute Gasteiger partial charge is 0.464 e. The first-order valence-electron chi connectivity index (χ1n) is 45.4. The molecule has 0 spiro atoms. The molecule has 6 saturated heterocycles. The lowest BCUT2D eigenvalue weighted by molar-refractivity contribution is -0.155. The predicted molar refractivity (Wildman–Crippen MR) is 480 cm³/mol. The molecule has 11 aliphatic heterocycles. The molecule has 32 atom stereocenters. The number of aromatic amines is 2. The van der Waals surface area contributed by atoms with E-state index in [1.54, 1.807) is 44.4 Å². The number of rotatable bonds is 23. The van der Waals surface area contributed by atoms with Gasteiger partial charge in [-0.25, -0.2) is 43.7 Å². The van der Waals surface area contributed by atoms with Gasteiger partial charge >= 0.3 is 35.6 Å². The van der Waals surface area contributed by atoms with Crippen molar-refractivity contribution in [2.24, 2.45) is 37.7 Å². The normalized spacial score (nSPS) is 34.9. The Kier molecular flexibility index (Phi) is 41.6. The van der Waals surface area contributed by atoms with Crippen molar-refractivity contribution < 1.29 is 142 Å². The Hall–Kier alpha value is -9.52. The number of ether oxygens (including phenoxy) is 11. The summed E-state index contributed by atoms with van der Waals surface area (Å²) in [5.41, 5.74) is 0.919. The number of carbonyl (C=O) groups is 6. The SMILES string of the molecule is CCCC(=O)CO[C@H]1C(O)[C@@H](CO)O[C@H]1N1C=C(C)C(C)NC1=O.CCOC(=O)CO[C@H]1C(O)[C@@H](CO)O[C@H]1n1cc(C)c(=O)[nH]c1=O.CCOC(=O)OC.CC[C@H]1O[C@@H](C2C=CC3C(C)NC(NC(=O)C(C)C)=NC32)[C@@H](O)C1O.CC[C@H]1O[C@@H](N2C=C(C)C(C)NC2=O)[C@@H](O)C1O.CC[C@H]1O[C@@H](N2C=NC3C(C)=NC=NC32)[C@@H](O)C1O.CC[C@H]1O[C@@H](n2cc(C)c(=O)[nH]c2=O)[C@@H](O)C1O. The Balaban J connectivity index is 0.000000197. The van der Waals surface area contributed by atoms with Crippen LogP contribution >= 0.6 is 0 Å². The maximum Gasteiger partial charge on any atom is 0.507 e. The van der Waals surface area contributed by atoms with E-state index in [-0.39, 0.29) is 109 Å². The van der Waals surface area contributed by atoms with Gasteiger partial charge in [0.25, 0.3) is 11.1 Å². The van der Waals surface area contributed by atoms with E-state index in [0.29, 0.717) is 56.7 Å². The number of aliphatic imine (C=N–C) groups is 4. The van der Waals surface area contributed by atoms with Crippen molar-refractivity contribution in [3.05, 3.63) is 101 Å². The van der Waals surface area contributed by atoms with Crippen molar-refractivity contribution >= 4 is 60.2 Å². The highest BCUT2D eigenvalue weighted by atomic mass is 16.7. The number of nitrogens with zero attached hydrogens (tertiary/aromatic N) is 9. The molecule has 5 amide bonds. The molecule has 1 aliphatic carbocycles. The third kappa shape index (κ3) is 26.9. The maximum absolute atomic E-state index is 12.2. The maximum atomic E-state index is 12.2. The molecular weight excluding hydrogens is 1780 g/mol. The molecule has 14 rings (SSSR count). The zero-order valence-corrected chi connectivity index (χ0v) is 79.1. The van der Waals surface area contributed by atoms with E-state index in [1.807, 2.05) is 89.2 Å².